The first kappa shape index (κ1) is 16.3. The van der Waals surface area contributed by atoms with E-state index in [1.807, 2.05) is 29.8 Å². The molecule has 4 rings (SSSR count). The molecule has 26 heavy (non-hydrogen) atoms. The molecule has 0 radical (unpaired) electrons. The van der Waals surface area contributed by atoms with Gasteiger partial charge in [-0.3, -0.25) is 9.48 Å². The van der Waals surface area contributed by atoms with Crippen LogP contribution >= 0.6 is 11.3 Å². The minimum Gasteiger partial charge on any atom is -0.454 e. The van der Waals surface area contributed by atoms with Crippen molar-refractivity contribution >= 4 is 17.2 Å². The molecular formula is C17H15N5O3S. The average Bonchev–Trinajstić information content (AvgIpc) is 3.42. The molecule has 4 aromatic heterocycles. The molecule has 0 saturated carbocycles. The first-order valence-corrected chi connectivity index (χ1v) is 8.82. The van der Waals surface area contributed by atoms with Crippen LogP contribution in [0.5, 0.6) is 0 Å². The van der Waals surface area contributed by atoms with Gasteiger partial charge in [0, 0.05) is 17.3 Å². The molecule has 0 bridgehead atoms. The number of rotatable bonds is 7. The Kier molecular flexibility index (Phi) is 4.61. The lowest BCUT2D eigenvalue weighted by atomic mass is 10.3. The highest BCUT2D eigenvalue weighted by molar-refractivity contribution is 7.09. The van der Waals surface area contributed by atoms with E-state index in [9.17, 15) is 4.79 Å². The van der Waals surface area contributed by atoms with Crippen LogP contribution in [-0.2, 0) is 19.5 Å². The van der Waals surface area contributed by atoms with Crippen LogP contribution in [-0.4, -0.2) is 25.8 Å². The predicted octanol–water partition coefficient (Wildman–Crippen LogP) is 2.49. The highest BCUT2D eigenvalue weighted by atomic mass is 32.1. The molecule has 0 spiro atoms. The van der Waals surface area contributed by atoms with Crippen LogP contribution in [0.4, 0.5) is 0 Å². The first-order valence-electron chi connectivity index (χ1n) is 7.94. The molecule has 0 unspecified atom stereocenters. The zero-order valence-corrected chi connectivity index (χ0v) is 14.5. The molecule has 0 aliphatic carbocycles. The van der Waals surface area contributed by atoms with Crippen molar-refractivity contribution in [2.24, 2.45) is 0 Å². The van der Waals surface area contributed by atoms with Crippen LogP contribution in [0.25, 0.3) is 0 Å². The molecule has 1 N–H and O–H groups in total. The lowest BCUT2D eigenvalue weighted by molar-refractivity contribution is 0.0919. The van der Waals surface area contributed by atoms with Gasteiger partial charge in [-0.1, -0.05) is 11.2 Å². The Labute approximate surface area is 152 Å². The Hall–Kier alpha value is -3.20. The summed E-state index contributed by atoms with van der Waals surface area (Å²) in [5.74, 6) is 1.50. The van der Waals surface area contributed by atoms with Gasteiger partial charge in [0.15, 0.2) is 11.6 Å². The van der Waals surface area contributed by atoms with Crippen LogP contribution in [0.3, 0.4) is 0 Å². The summed E-state index contributed by atoms with van der Waals surface area (Å²) in [5, 5.41) is 12.7. The number of carbonyl (C=O) groups excluding carboxylic acids is 1. The van der Waals surface area contributed by atoms with Crippen molar-refractivity contribution in [1.82, 2.24) is 25.2 Å². The lowest BCUT2D eigenvalue weighted by Gasteiger charge is -2.00. The van der Waals surface area contributed by atoms with Crippen molar-refractivity contribution in [3.05, 3.63) is 76.2 Å². The number of aromatic nitrogens is 4. The Balaban J connectivity index is 1.31. The zero-order chi connectivity index (χ0) is 17.8. The van der Waals surface area contributed by atoms with Gasteiger partial charge in [-0.15, -0.1) is 11.3 Å². The van der Waals surface area contributed by atoms with Gasteiger partial charge in [0.1, 0.15) is 5.76 Å². The summed E-state index contributed by atoms with van der Waals surface area (Å²) in [6, 6.07) is 9.19. The Bertz CT molecular complexity index is 972. The van der Waals surface area contributed by atoms with Crippen molar-refractivity contribution < 1.29 is 13.7 Å². The van der Waals surface area contributed by atoms with Crippen LogP contribution in [0.2, 0.25) is 0 Å². The SMILES string of the molecule is O=C(NCc1noc(Cc2cccs2)n1)c1ccc(Cn2cccn2)o1. The molecule has 4 aromatic rings. The summed E-state index contributed by atoms with van der Waals surface area (Å²) < 4.78 is 12.5. The monoisotopic (exact) mass is 369 g/mol. The van der Waals surface area contributed by atoms with Gasteiger partial charge in [0.2, 0.25) is 5.89 Å². The lowest BCUT2D eigenvalue weighted by Crippen LogP contribution is -2.22. The number of nitrogens with one attached hydrogen (secondary N) is 1. The quantitative estimate of drug-likeness (QED) is 0.537. The summed E-state index contributed by atoms with van der Waals surface area (Å²) >= 11 is 1.63. The zero-order valence-electron chi connectivity index (χ0n) is 13.7. The van der Waals surface area contributed by atoms with Crippen molar-refractivity contribution in [2.75, 3.05) is 0 Å². The number of hydrogen-bond donors (Lipinski definition) is 1. The van der Waals surface area contributed by atoms with Crippen molar-refractivity contribution in [3.63, 3.8) is 0 Å². The molecule has 0 aliphatic heterocycles. The standard InChI is InChI=1S/C17H15N5O3S/c23-17(14-5-4-12(24-14)11-22-7-2-6-19-22)18-10-15-20-16(25-21-15)9-13-3-1-8-26-13/h1-8H,9-11H2,(H,18,23). The summed E-state index contributed by atoms with van der Waals surface area (Å²) in [6.07, 6.45) is 4.11. The number of hydrogen-bond acceptors (Lipinski definition) is 7. The highest BCUT2D eigenvalue weighted by Crippen LogP contribution is 2.13. The highest BCUT2D eigenvalue weighted by Gasteiger charge is 2.13. The Morgan fingerprint density at radius 2 is 2.23 bits per heavy atom. The second kappa shape index (κ2) is 7.36. The van der Waals surface area contributed by atoms with E-state index < -0.39 is 0 Å². The number of furan rings is 1. The molecule has 1 amide bonds. The molecule has 0 atom stereocenters. The molecule has 9 heteroatoms. The van der Waals surface area contributed by atoms with E-state index in [2.05, 4.69) is 20.6 Å². The van der Waals surface area contributed by atoms with E-state index in [0.29, 0.717) is 30.4 Å². The van der Waals surface area contributed by atoms with Crippen LogP contribution in [0, 0.1) is 0 Å². The molecule has 8 nitrogen and oxygen atoms in total. The molecule has 132 valence electrons. The van der Waals surface area contributed by atoms with E-state index >= 15 is 0 Å². The molecule has 4 heterocycles. The number of nitrogens with zero attached hydrogens (tertiary/aromatic N) is 4. The van der Waals surface area contributed by atoms with Crippen LogP contribution < -0.4 is 5.32 Å². The third kappa shape index (κ3) is 3.89. The van der Waals surface area contributed by atoms with E-state index in [0.717, 1.165) is 4.88 Å². The fourth-order valence-corrected chi connectivity index (χ4v) is 3.08. The Morgan fingerprint density at radius 1 is 1.27 bits per heavy atom. The number of amides is 1. The molecule has 0 saturated heterocycles. The van der Waals surface area contributed by atoms with Crippen molar-refractivity contribution in [1.29, 1.82) is 0 Å². The maximum Gasteiger partial charge on any atom is 0.287 e. The van der Waals surface area contributed by atoms with Crippen LogP contribution in [0.1, 0.15) is 32.9 Å². The maximum atomic E-state index is 12.2. The fourth-order valence-electron chi connectivity index (χ4n) is 2.38. The second-order valence-corrected chi connectivity index (χ2v) is 6.55. The normalized spacial score (nSPS) is 10.9. The van der Waals surface area contributed by atoms with Crippen LogP contribution in [0.15, 0.2) is 57.0 Å². The summed E-state index contributed by atoms with van der Waals surface area (Å²) in [5.41, 5.74) is 0. The van der Waals surface area contributed by atoms with E-state index in [1.165, 1.54) is 0 Å². The van der Waals surface area contributed by atoms with Gasteiger partial charge < -0.3 is 14.3 Å². The van der Waals surface area contributed by atoms with E-state index in [4.69, 9.17) is 8.94 Å². The molecule has 0 aliphatic rings. The minimum atomic E-state index is -0.332. The summed E-state index contributed by atoms with van der Waals surface area (Å²) in [7, 11) is 0. The first-order chi connectivity index (χ1) is 12.8. The predicted molar refractivity (Wildman–Crippen MR) is 92.6 cm³/mol. The van der Waals surface area contributed by atoms with Gasteiger partial charge in [-0.25, -0.2) is 0 Å². The Morgan fingerprint density at radius 3 is 3.04 bits per heavy atom. The van der Waals surface area contributed by atoms with Gasteiger partial charge in [0.25, 0.3) is 5.91 Å². The summed E-state index contributed by atoms with van der Waals surface area (Å²) in [6.45, 7) is 0.638. The number of carbonyl (C=O) groups is 1. The van der Waals surface area contributed by atoms with Gasteiger partial charge in [0.05, 0.1) is 19.5 Å². The topological polar surface area (TPSA) is 99.0 Å². The van der Waals surface area contributed by atoms with Gasteiger partial charge in [-0.05, 0) is 29.6 Å². The minimum absolute atomic E-state index is 0.169. The largest absolute Gasteiger partial charge is 0.454 e. The molecule has 0 fully saturated rings. The third-order valence-corrected chi connectivity index (χ3v) is 4.46. The van der Waals surface area contributed by atoms with Gasteiger partial charge >= 0.3 is 0 Å². The number of thiophene rings is 1. The molecular weight excluding hydrogens is 354 g/mol. The maximum absolute atomic E-state index is 12.2. The second-order valence-electron chi connectivity index (χ2n) is 5.51. The van der Waals surface area contributed by atoms with Gasteiger partial charge in [-0.2, -0.15) is 10.1 Å². The summed E-state index contributed by atoms with van der Waals surface area (Å²) in [4.78, 5) is 17.6. The van der Waals surface area contributed by atoms with E-state index in [-0.39, 0.29) is 18.2 Å². The van der Waals surface area contributed by atoms with Crippen molar-refractivity contribution in [2.45, 2.75) is 19.5 Å². The van der Waals surface area contributed by atoms with E-state index in [1.54, 1.807) is 34.3 Å². The molecule has 0 aromatic carbocycles. The average molecular weight is 369 g/mol. The smallest absolute Gasteiger partial charge is 0.287 e. The fraction of sp³-hybridized carbons (Fsp3) is 0.176. The van der Waals surface area contributed by atoms with Crippen molar-refractivity contribution in [3.8, 4) is 0 Å². The third-order valence-electron chi connectivity index (χ3n) is 3.59.